The summed E-state index contributed by atoms with van der Waals surface area (Å²) in [5, 5.41) is 8.55. The average molecular weight is 497 g/mol. The van der Waals surface area contributed by atoms with Crippen LogP contribution in [0.5, 0.6) is 5.88 Å². The second-order valence-electron chi connectivity index (χ2n) is 9.40. The number of nitrogens with one attached hydrogen (secondary N) is 2. The van der Waals surface area contributed by atoms with Gasteiger partial charge in [-0.1, -0.05) is 32.0 Å². The van der Waals surface area contributed by atoms with Crippen molar-refractivity contribution < 1.29 is 9.53 Å². The number of hydrogen-bond donors (Lipinski definition) is 2. The zero-order chi connectivity index (χ0) is 26.3. The van der Waals surface area contributed by atoms with Gasteiger partial charge in [-0.3, -0.25) is 14.6 Å². The minimum atomic E-state index is -0.361. The van der Waals surface area contributed by atoms with Crippen LogP contribution >= 0.6 is 0 Å². The number of aryl methyl sites for hydroxylation is 1. The molecule has 9 nitrogen and oxygen atoms in total. The number of H-pyrrole nitrogens is 1. The highest BCUT2D eigenvalue weighted by molar-refractivity contribution is 5.96. The van der Waals surface area contributed by atoms with Gasteiger partial charge in [-0.25, -0.2) is 9.50 Å². The Bertz CT molecular complexity index is 1680. The lowest BCUT2D eigenvalue weighted by molar-refractivity contribution is 0.0933. The first-order valence-electron chi connectivity index (χ1n) is 12.1. The minimum Gasteiger partial charge on any atom is -0.481 e. The molecule has 0 aliphatic rings. The van der Waals surface area contributed by atoms with Crippen molar-refractivity contribution in [1.82, 2.24) is 29.9 Å². The van der Waals surface area contributed by atoms with Crippen LogP contribution in [-0.4, -0.2) is 37.6 Å². The molecule has 4 heterocycles. The molecule has 2 N–H and O–H groups in total. The van der Waals surface area contributed by atoms with E-state index in [4.69, 9.17) is 4.74 Å². The first kappa shape index (κ1) is 24.2. The van der Waals surface area contributed by atoms with Gasteiger partial charge in [0.2, 0.25) is 5.88 Å². The number of ether oxygens (including phenoxy) is 1. The number of pyridine rings is 2. The van der Waals surface area contributed by atoms with Crippen LogP contribution in [0.2, 0.25) is 0 Å². The van der Waals surface area contributed by atoms with E-state index >= 15 is 0 Å². The lowest BCUT2D eigenvalue weighted by Gasteiger charge is -2.14. The molecule has 0 aliphatic carbocycles. The fourth-order valence-corrected chi connectivity index (χ4v) is 4.53. The number of aromatic nitrogens is 5. The van der Waals surface area contributed by atoms with Crippen LogP contribution in [0.1, 0.15) is 59.9 Å². The molecule has 4 aromatic heterocycles. The molecule has 37 heavy (non-hydrogen) atoms. The summed E-state index contributed by atoms with van der Waals surface area (Å²) in [7, 11) is 1.55. The highest BCUT2D eigenvalue weighted by Gasteiger charge is 2.25. The number of aromatic amines is 1. The Morgan fingerprint density at radius 3 is 2.62 bits per heavy atom. The van der Waals surface area contributed by atoms with Crippen molar-refractivity contribution in [3.05, 3.63) is 87.7 Å². The third-order valence-corrected chi connectivity index (χ3v) is 6.52. The van der Waals surface area contributed by atoms with Gasteiger partial charge in [-0.2, -0.15) is 5.10 Å². The standard InChI is InChI=1S/C28H28N6O3/c1-15(2)24-25(27(35)31-17(4)18-9-10-23(37-5)30-12-18)33-34-14-22(32-28(36)26(24)34)19-11-20-16(3)7-6-8-21(20)29-13-19/h6-15,17H,1-5H3,(H,31,35)(H,32,36). The highest BCUT2D eigenvalue weighted by atomic mass is 16.5. The van der Waals surface area contributed by atoms with E-state index in [0.29, 0.717) is 22.7 Å². The minimum absolute atomic E-state index is 0.104. The molecule has 0 spiro atoms. The van der Waals surface area contributed by atoms with Crippen LogP contribution in [0.15, 0.2) is 59.8 Å². The van der Waals surface area contributed by atoms with Gasteiger partial charge in [-0.05, 0) is 43.0 Å². The van der Waals surface area contributed by atoms with Crippen molar-refractivity contribution in [2.75, 3.05) is 7.11 Å². The first-order chi connectivity index (χ1) is 17.8. The highest BCUT2D eigenvalue weighted by Crippen LogP contribution is 2.27. The van der Waals surface area contributed by atoms with Crippen molar-refractivity contribution in [3.8, 4) is 17.1 Å². The summed E-state index contributed by atoms with van der Waals surface area (Å²) < 4.78 is 6.61. The van der Waals surface area contributed by atoms with Crippen LogP contribution < -0.4 is 15.6 Å². The molecule has 1 unspecified atom stereocenters. The number of methoxy groups -OCH3 is 1. The summed E-state index contributed by atoms with van der Waals surface area (Å²) in [5.74, 6) is 0.0318. The lowest BCUT2D eigenvalue weighted by Crippen LogP contribution is -2.28. The molecule has 1 aromatic carbocycles. The van der Waals surface area contributed by atoms with Crippen molar-refractivity contribution in [3.63, 3.8) is 0 Å². The Balaban J connectivity index is 1.54. The quantitative estimate of drug-likeness (QED) is 0.356. The number of fused-ring (bicyclic) bond motifs is 2. The Morgan fingerprint density at radius 2 is 1.92 bits per heavy atom. The zero-order valence-electron chi connectivity index (χ0n) is 21.4. The SMILES string of the molecule is COc1ccc(C(C)NC(=O)c2nn3cc(-c4cnc5cccc(C)c5c4)[nH]c(=O)c3c2C(C)C)cn1. The van der Waals surface area contributed by atoms with E-state index in [1.165, 1.54) is 4.52 Å². The number of hydrogen-bond acceptors (Lipinski definition) is 6. The number of nitrogens with zero attached hydrogens (tertiary/aromatic N) is 4. The van der Waals surface area contributed by atoms with E-state index in [1.807, 2.05) is 58.0 Å². The Hall–Kier alpha value is -4.53. The van der Waals surface area contributed by atoms with E-state index in [2.05, 4.69) is 25.4 Å². The number of amides is 1. The number of carbonyl (C=O) groups is 1. The van der Waals surface area contributed by atoms with E-state index < -0.39 is 0 Å². The maximum Gasteiger partial charge on any atom is 0.274 e. The summed E-state index contributed by atoms with van der Waals surface area (Å²) >= 11 is 0. The van der Waals surface area contributed by atoms with Crippen molar-refractivity contribution in [1.29, 1.82) is 0 Å². The second kappa shape index (κ2) is 9.50. The molecule has 9 heteroatoms. The molecule has 0 radical (unpaired) electrons. The summed E-state index contributed by atoms with van der Waals surface area (Å²) in [6, 6.07) is 11.2. The molecular formula is C28H28N6O3. The Kier molecular flexibility index (Phi) is 6.20. The van der Waals surface area contributed by atoms with Crippen molar-refractivity contribution in [2.24, 2.45) is 0 Å². The van der Waals surface area contributed by atoms with Gasteiger partial charge in [0.25, 0.3) is 11.5 Å². The summed E-state index contributed by atoms with van der Waals surface area (Å²) in [6.45, 7) is 7.77. The molecule has 5 aromatic rings. The predicted octanol–water partition coefficient (Wildman–Crippen LogP) is 4.56. The topological polar surface area (TPSA) is 114 Å². The molecule has 0 bridgehead atoms. The van der Waals surface area contributed by atoms with Gasteiger partial charge in [0, 0.05) is 35.0 Å². The fraction of sp³-hybridized carbons (Fsp3) is 0.250. The Morgan fingerprint density at radius 1 is 1.11 bits per heavy atom. The zero-order valence-corrected chi connectivity index (χ0v) is 21.4. The van der Waals surface area contributed by atoms with Crippen LogP contribution in [0.25, 0.3) is 27.7 Å². The second-order valence-corrected chi connectivity index (χ2v) is 9.40. The number of benzene rings is 1. The molecule has 0 saturated carbocycles. The third kappa shape index (κ3) is 4.44. The van der Waals surface area contributed by atoms with Gasteiger partial charge in [0.1, 0.15) is 5.52 Å². The van der Waals surface area contributed by atoms with Crippen LogP contribution in [0.3, 0.4) is 0 Å². The molecule has 0 aliphatic heterocycles. The number of carbonyl (C=O) groups excluding carboxylic acids is 1. The van der Waals surface area contributed by atoms with Crippen LogP contribution in [0, 0.1) is 6.92 Å². The van der Waals surface area contributed by atoms with E-state index in [1.54, 1.807) is 31.8 Å². The average Bonchev–Trinajstić information content (AvgIpc) is 3.29. The molecule has 0 saturated heterocycles. The molecule has 5 rings (SSSR count). The van der Waals surface area contributed by atoms with Gasteiger partial charge in [0.15, 0.2) is 5.69 Å². The van der Waals surface area contributed by atoms with Crippen LogP contribution in [0.4, 0.5) is 0 Å². The molecule has 188 valence electrons. The maximum atomic E-state index is 13.3. The first-order valence-corrected chi connectivity index (χ1v) is 12.1. The van der Waals surface area contributed by atoms with Gasteiger partial charge < -0.3 is 15.0 Å². The molecule has 0 fully saturated rings. The van der Waals surface area contributed by atoms with E-state index in [-0.39, 0.29) is 29.1 Å². The summed E-state index contributed by atoms with van der Waals surface area (Å²) in [5.41, 5.74) is 4.98. The smallest absolute Gasteiger partial charge is 0.274 e. The maximum absolute atomic E-state index is 13.3. The van der Waals surface area contributed by atoms with Gasteiger partial charge >= 0.3 is 0 Å². The van der Waals surface area contributed by atoms with E-state index in [9.17, 15) is 9.59 Å². The number of rotatable bonds is 6. The molecule has 1 amide bonds. The normalized spacial score (nSPS) is 12.3. The monoisotopic (exact) mass is 496 g/mol. The Labute approximate surface area is 213 Å². The van der Waals surface area contributed by atoms with Gasteiger partial charge in [-0.15, -0.1) is 0 Å². The van der Waals surface area contributed by atoms with Gasteiger partial charge in [0.05, 0.1) is 30.6 Å². The lowest BCUT2D eigenvalue weighted by atomic mass is 10.0. The van der Waals surface area contributed by atoms with Crippen molar-refractivity contribution >= 4 is 22.3 Å². The predicted molar refractivity (Wildman–Crippen MR) is 142 cm³/mol. The largest absolute Gasteiger partial charge is 0.481 e. The third-order valence-electron chi connectivity index (χ3n) is 6.52. The van der Waals surface area contributed by atoms with Crippen molar-refractivity contribution in [2.45, 2.75) is 39.7 Å². The summed E-state index contributed by atoms with van der Waals surface area (Å²) in [6.07, 6.45) is 5.12. The molecule has 1 atom stereocenters. The molecular weight excluding hydrogens is 468 g/mol. The van der Waals surface area contributed by atoms with E-state index in [0.717, 1.165) is 27.6 Å². The fourth-order valence-electron chi connectivity index (χ4n) is 4.53. The summed E-state index contributed by atoms with van der Waals surface area (Å²) in [4.78, 5) is 38.4. The van der Waals surface area contributed by atoms with Crippen LogP contribution in [-0.2, 0) is 0 Å².